The topological polar surface area (TPSA) is 71.2 Å². The number of nitrogens with two attached hydrogens (primary N) is 1. The largest absolute Gasteiger partial charge is 0.384 e. The van der Waals surface area contributed by atoms with E-state index in [2.05, 4.69) is 26.8 Å². The molecular weight excluding hydrogens is 264 g/mol. The third-order valence-electron chi connectivity index (χ3n) is 3.74. The van der Waals surface area contributed by atoms with E-state index in [4.69, 9.17) is 10.7 Å². The molecule has 6 nitrogen and oxygen atoms in total. The highest BCUT2D eigenvalue weighted by atomic mass is 15.2. The van der Waals surface area contributed by atoms with E-state index in [1.54, 1.807) is 12.4 Å². The normalized spacial score (nSPS) is 16.7. The van der Waals surface area contributed by atoms with Crippen LogP contribution in [0, 0.1) is 0 Å². The Morgan fingerprint density at radius 3 is 2.90 bits per heavy atom. The van der Waals surface area contributed by atoms with Gasteiger partial charge in [-0.2, -0.15) is 0 Å². The second-order valence-electron chi connectivity index (χ2n) is 5.38. The lowest BCUT2D eigenvalue weighted by atomic mass is 10.2. The molecule has 0 saturated carbocycles. The van der Waals surface area contributed by atoms with Crippen LogP contribution in [0.2, 0.25) is 0 Å². The van der Waals surface area contributed by atoms with Crippen LogP contribution in [0.3, 0.4) is 0 Å². The van der Waals surface area contributed by atoms with Gasteiger partial charge in [0.15, 0.2) is 0 Å². The van der Waals surface area contributed by atoms with E-state index in [-0.39, 0.29) is 0 Å². The minimum Gasteiger partial charge on any atom is -0.384 e. The first-order valence-corrected chi connectivity index (χ1v) is 7.20. The molecule has 2 N–H and O–H groups in total. The number of rotatable bonds is 2. The Labute approximate surface area is 124 Å². The Kier molecular flexibility index (Phi) is 3.96. The van der Waals surface area contributed by atoms with Crippen molar-refractivity contribution in [3.8, 4) is 11.3 Å². The van der Waals surface area contributed by atoms with Crippen molar-refractivity contribution in [3.63, 3.8) is 0 Å². The summed E-state index contributed by atoms with van der Waals surface area (Å²) in [5.41, 5.74) is 7.52. The quantitative estimate of drug-likeness (QED) is 0.895. The van der Waals surface area contributed by atoms with Crippen LogP contribution in [0.25, 0.3) is 11.3 Å². The molecule has 0 radical (unpaired) electrons. The standard InChI is InChI=1S/C15H20N6/c1-20-5-2-6-21(8-7-20)15-11-17-10-13(19-15)12-3-4-18-14(16)9-12/h3-4,9-11H,2,5-8H2,1H3,(H2,16,18). The maximum absolute atomic E-state index is 5.74. The van der Waals surface area contributed by atoms with Crippen molar-refractivity contribution in [2.45, 2.75) is 6.42 Å². The minimum atomic E-state index is 0.496. The monoisotopic (exact) mass is 284 g/mol. The molecule has 0 amide bonds. The SMILES string of the molecule is CN1CCCN(c2cncc(-c3ccnc(N)c3)n2)CC1. The van der Waals surface area contributed by atoms with Crippen molar-refractivity contribution in [3.05, 3.63) is 30.7 Å². The molecule has 3 rings (SSSR count). The van der Waals surface area contributed by atoms with E-state index in [0.717, 1.165) is 49.7 Å². The van der Waals surface area contributed by atoms with Crippen molar-refractivity contribution < 1.29 is 0 Å². The molecule has 6 heteroatoms. The smallest absolute Gasteiger partial charge is 0.147 e. The molecular formula is C15H20N6. The third kappa shape index (κ3) is 3.28. The zero-order chi connectivity index (χ0) is 14.7. The average Bonchev–Trinajstić information content (AvgIpc) is 2.72. The lowest BCUT2D eigenvalue weighted by molar-refractivity contribution is 0.360. The fourth-order valence-corrected chi connectivity index (χ4v) is 2.53. The number of likely N-dealkylation sites (N-methyl/N-ethyl adjacent to an activating group) is 1. The first-order chi connectivity index (χ1) is 10.2. The Balaban J connectivity index is 1.86. The predicted molar refractivity (Wildman–Crippen MR) is 84.0 cm³/mol. The molecule has 1 saturated heterocycles. The molecule has 2 aromatic rings. The lowest BCUT2D eigenvalue weighted by Crippen LogP contribution is -2.29. The van der Waals surface area contributed by atoms with Gasteiger partial charge in [-0.05, 0) is 32.1 Å². The van der Waals surface area contributed by atoms with E-state index in [1.165, 1.54) is 0 Å². The van der Waals surface area contributed by atoms with Gasteiger partial charge in [-0.3, -0.25) is 4.98 Å². The molecule has 0 bridgehead atoms. The van der Waals surface area contributed by atoms with Crippen LogP contribution in [-0.2, 0) is 0 Å². The second kappa shape index (κ2) is 6.05. The van der Waals surface area contributed by atoms with E-state index in [9.17, 15) is 0 Å². The van der Waals surface area contributed by atoms with Gasteiger partial charge in [0, 0.05) is 31.4 Å². The van der Waals surface area contributed by atoms with Gasteiger partial charge in [-0.1, -0.05) is 0 Å². The van der Waals surface area contributed by atoms with Crippen LogP contribution >= 0.6 is 0 Å². The summed E-state index contributed by atoms with van der Waals surface area (Å²) in [5.74, 6) is 1.43. The van der Waals surface area contributed by atoms with Gasteiger partial charge in [0.2, 0.25) is 0 Å². The van der Waals surface area contributed by atoms with Gasteiger partial charge in [0.25, 0.3) is 0 Å². The Morgan fingerprint density at radius 2 is 2.05 bits per heavy atom. The first-order valence-electron chi connectivity index (χ1n) is 7.20. The third-order valence-corrected chi connectivity index (χ3v) is 3.74. The number of nitrogens with zero attached hydrogens (tertiary/aromatic N) is 5. The maximum atomic E-state index is 5.74. The Bertz CT molecular complexity index is 615. The van der Waals surface area contributed by atoms with Crippen LogP contribution in [-0.4, -0.2) is 53.1 Å². The average molecular weight is 284 g/mol. The molecule has 0 unspecified atom stereocenters. The van der Waals surface area contributed by atoms with Crippen LogP contribution < -0.4 is 10.6 Å². The number of pyridine rings is 1. The highest BCUT2D eigenvalue weighted by Gasteiger charge is 2.14. The van der Waals surface area contributed by atoms with Gasteiger partial charge in [-0.25, -0.2) is 9.97 Å². The molecule has 0 aromatic carbocycles. The van der Waals surface area contributed by atoms with Crippen molar-refractivity contribution in [2.24, 2.45) is 0 Å². The van der Waals surface area contributed by atoms with Gasteiger partial charge in [0.1, 0.15) is 11.6 Å². The molecule has 110 valence electrons. The van der Waals surface area contributed by atoms with Gasteiger partial charge >= 0.3 is 0 Å². The Morgan fingerprint density at radius 1 is 1.14 bits per heavy atom. The fraction of sp³-hybridized carbons (Fsp3) is 0.400. The second-order valence-corrected chi connectivity index (χ2v) is 5.38. The fourth-order valence-electron chi connectivity index (χ4n) is 2.53. The molecule has 2 aromatic heterocycles. The minimum absolute atomic E-state index is 0.496. The summed E-state index contributed by atoms with van der Waals surface area (Å²) in [7, 11) is 2.16. The summed E-state index contributed by atoms with van der Waals surface area (Å²) in [6.45, 7) is 4.17. The lowest BCUT2D eigenvalue weighted by Gasteiger charge is -2.21. The van der Waals surface area contributed by atoms with E-state index >= 15 is 0 Å². The molecule has 0 spiro atoms. The molecule has 0 atom stereocenters. The summed E-state index contributed by atoms with van der Waals surface area (Å²) in [5, 5.41) is 0. The number of aromatic nitrogens is 3. The van der Waals surface area contributed by atoms with Crippen LogP contribution in [0.15, 0.2) is 30.7 Å². The number of hydrogen-bond acceptors (Lipinski definition) is 6. The zero-order valence-corrected chi connectivity index (χ0v) is 12.2. The van der Waals surface area contributed by atoms with E-state index in [0.29, 0.717) is 5.82 Å². The van der Waals surface area contributed by atoms with Gasteiger partial charge in [0.05, 0.1) is 18.1 Å². The molecule has 1 aliphatic heterocycles. The number of nitrogen functional groups attached to an aromatic ring is 1. The van der Waals surface area contributed by atoms with Crippen molar-refractivity contribution in [1.29, 1.82) is 0 Å². The van der Waals surface area contributed by atoms with Gasteiger partial charge < -0.3 is 15.5 Å². The summed E-state index contributed by atoms with van der Waals surface area (Å²) in [6.07, 6.45) is 6.44. The highest BCUT2D eigenvalue weighted by molar-refractivity contribution is 5.62. The summed E-state index contributed by atoms with van der Waals surface area (Å²) in [4.78, 5) is 17.7. The summed E-state index contributed by atoms with van der Waals surface area (Å²) < 4.78 is 0. The summed E-state index contributed by atoms with van der Waals surface area (Å²) in [6, 6.07) is 3.73. The molecule has 1 aliphatic rings. The van der Waals surface area contributed by atoms with E-state index < -0.39 is 0 Å². The molecule has 0 aliphatic carbocycles. The van der Waals surface area contributed by atoms with Crippen molar-refractivity contribution in [2.75, 3.05) is 43.9 Å². The van der Waals surface area contributed by atoms with Crippen LogP contribution in [0.5, 0.6) is 0 Å². The Hall–Kier alpha value is -2.21. The van der Waals surface area contributed by atoms with Gasteiger partial charge in [-0.15, -0.1) is 0 Å². The molecule has 21 heavy (non-hydrogen) atoms. The summed E-state index contributed by atoms with van der Waals surface area (Å²) >= 11 is 0. The molecule has 1 fully saturated rings. The maximum Gasteiger partial charge on any atom is 0.147 e. The first kappa shape index (κ1) is 13.8. The highest BCUT2D eigenvalue weighted by Crippen LogP contribution is 2.20. The van der Waals surface area contributed by atoms with E-state index in [1.807, 2.05) is 18.3 Å². The zero-order valence-electron chi connectivity index (χ0n) is 12.2. The van der Waals surface area contributed by atoms with Crippen molar-refractivity contribution >= 4 is 11.6 Å². The van der Waals surface area contributed by atoms with Crippen molar-refractivity contribution in [1.82, 2.24) is 19.9 Å². The predicted octanol–water partition coefficient (Wildman–Crippen LogP) is 1.26. The van der Waals surface area contributed by atoms with Crippen LogP contribution in [0.4, 0.5) is 11.6 Å². The van der Waals surface area contributed by atoms with Crippen LogP contribution in [0.1, 0.15) is 6.42 Å². The number of anilines is 2. The number of hydrogen-bond donors (Lipinski definition) is 1. The molecule has 3 heterocycles.